The van der Waals surface area contributed by atoms with Crippen LogP contribution in [0.5, 0.6) is 5.75 Å². The van der Waals surface area contributed by atoms with Gasteiger partial charge in [-0.05, 0) is 57.5 Å². The van der Waals surface area contributed by atoms with E-state index >= 15 is 0 Å². The van der Waals surface area contributed by atoms with Crippen LogP contribution in [0.15, 0.2) is 40.8 Å². The molecule has 6 heteroatoms. The molecule has 3 rings (SSSR count). The maximum absolute atomic E-state index is 12.5. The summed E-state index contributed by atoms with van der Waals surface area (Å²) < 4.78 is 11.1. The Morgan fingerprint density at radius 3 is 2.44 bits per heavy atom. The molecule has 2 amide bonds. The Hall–Kier alpha value is -3.28. The summed E-state index contributed by atoms with van der Waals surface area (Å²) in [5.41, 5.74) is 8.53. The Kier molecular flexibility index (Phi) is 5.16. The number of benzene rings is 2. The van der Waals surface area contributed by atoms with Gasteiger partial charge in [-0.15, -0.1) is 0 Å². The van der Waals surface area contributed by atoms with Crippen LogP contribution in [-0.2, 0) is 0 Å². The second-order valence-corrected chi connectivity index (χ2v) is 6.37. The zero-order chi connectivity index (χ0) is 19.6. The van der Waals surface area contributed by atoms with Crippen LogP contribution in [0.1, 0.15) is 44.5 Å². The number of fused-ring (bicyclic) bond motifs is 1. The monoisotopic (exact) mass is 366 g/mol. The van der Waals surface area contributed by atoms with Crippen molar-refractivity contribution < 1.29 is 18.7 Å². The van der Waals surface area contributed by atoms with Crippen molar-refractivity contribution in [2.24, 2.45) is 0 Å². The van der Waals surface area contributed by atoms with Gasteiger partial charge in [-0.2, -0.15) is 0 Å². The lowest BCUT2D eigenvalue weighted by Gasteiger charge is -2.09. The summed E-state index contributed by atoms with van der Waals surface area (Å²) in [7, 11) is 0. The summed E-state index contributed by atoms with van der Waals surface area (Å²) in [6, 6.07) is 10.9. The predicted molar refractivity (Wildman–Crippen MR) is 103 cm³/mol. The number of amides is 2. The van der Waals surface area contributed by atoms with Crippen molar-refractivity contribution in [2.45, 2.75) is 27.7 Å². The van der Waals surface area contributed by atoms with Gasteiger partial charge in [-0.1, -0.05) is 17.7 Å². The number of hydrogen-bond acceptors (Lipinski definition) is 4. The largest absolute Gasteiger partial charge is 0.494 e. The maximum atomic E-state index is 12.5. The minimum Gasteiger partial charge on any atom is -0.494 e. The summed E-state index contributed by atoms with van der Waals surface area (Å²) >= 11 is 0. The molecule has 0 aliphatic rings. The second kappa shape index (κ2) is 7.53. The Labute approximate surface area is 157 Å². The first-order chi connectivity index (χ1) is 12.9. The molecule has 2 N–H and O–H groups in total. The van der Waals surface area contributed by atoms with Crippen LogP contribution < -0.4 is 15.6 Å². The molecule has 3 aromatic rings. The molecular weight excluding hydrogens is 344 g/mol. The number of nitrogens with one attached hydrogen (secondary N) is 2. The first kappa shape index (κ1) is 18.5. The summed E-state index contributed by atoms with van der Waals surface area (Å²) in [5, 5.41) is 0.798. The van der Waals surface area contributed by atoms with E-state index in [1.165, 1.54) is 0 Å². The number of hydrogen-bond donors (Lipinski definition) is 2. The SMILES string of the molecule is CCOc1ccc2oc(C(=O)NNC(=O)c3ccc(C)cc3C)c(C)c2c1. The van der Waals surface area contributed by atoms with E-state index < -0.39 is 5.91 Å². The summed E-state index contributed by atoms with van der Waals surface area (Å²) in [6.07, 6.45) is 0. The molecule has 1 aromatic heterocycles. The molecule has 0 saturated heterocycles. The van der Waals surface area contributed by atoms with Crippen molar-refractivity contribution in [2.75, 3.05) is 6.61 Å². The number of aryl methyl sites for hydroxylation is 3. The highest BCUT2D eigenvalue weighted by molar-refractivity contribution is 6.02. The lowest BCUT2D eigenvalue weighted by atomic mass is 10.1. The number of ether oxygens (including phenoxy) is 1. The number of hydrazine groups is 1. The molecule has 0 spiro atoms. The van der Waals surface area contributed by atoms with Gasteiger partial charge in [0.15, 0.2) is 5.76 Å². The Balaban J connectivity index is 1.76. The van der Waals surface area contributed by atoms with Crippen molar-refractivity contribution in [3.8, 4) is 5.75 Å². The van der Waals surface area contributed by atoms with E-state index in [0.717, 1.165) is 16.5 Å². The molecule has 0 atom stereocenters. The second-order valence-electron chi connectivity index (χ2n) is 6.37. The molecule has 140 valence electrons. The van der Waals surface area contributed by atoms with Gasteiger partial charge in [-0.25, -0.2) is 0 Å². The minimum atomic E-state index is -0.514. The fourth-order valence-electron chi connectivity index (χ4n) is 2.98. The Bertz CT molecular complexity index is 1020. The predicted octanol–water partition coefficient (Wildman–Crippen LogP) is 3.83. The van der Waals surface area contributed by atoms with Gasteiger partial charge in [0.1, 0.15) is 11.3 Å². The number of carbonyl (C=O) groups is 2. The van der Waals surface area contributed by atoms with Crippen molar-refractivity contribution in [1.29, 1.82) is 0 Å². The summed E-state index contributed by atoms with van der Waals surface area (Å²) in [5.74, 6) is -0.0309. The lowest BCUT2D eigenvalue weighted by molar-refractivity contribution is 0.0831. The molecule has 0 aliphatic carbocycles. The molecule has 0 fully saturated rings. The first-order valence-corrected chi connectivity index (χ1v) is 8.74. The summed E-state index contributed by atoms with van der Waals surface area (Å²) in [6.45, 7) is 8.06. The van der Waals surface area contributed by atoms with Crippen LogP contribution in [-0.4, -0.2) is 18.4 Å². The van der Waals surface area contributed by atoms with E-state index in [2.05, 4.69) is 10.9 Å². The van der Waals surface area contributed by atoms with Crippen LogP contribution in [0.4, 0.5) is 0 Å². The third-order valence-corrected chi connectivity index (χ3v) is 4.34. The maximum Gasteiger partial charge on any atom is 0.305 e. The Morgan fingerprint density at radius 2 is 1.74 bits per heavy atom. The van der Waals surface area contributed by atoms with E-state index in [1.807, 2.05) is 39.0 Å². The number of rotatable bonds is 4. The van der Waals surface area contributed by atoms with Crippen LogP contribution >= 0.6 is 0 Å². The van der Waals surface area contributed by atoms with Gasteiger partial charge in [0.05, 0.1) is 6.61 Å². The van der Waals surface area contributed by atoms with E-state index in [4.69, 9.17) is 9.15 Å². The van der Waals surface area contributed by atoms with Gasteiger partial charge >= 0.3 is 5.91 Å². The quantitative estimate of drug-likeness (QED) is 0.688. The highest BCUT2D eigenvalue weighted by atomic mass is 16.5. The molecule has 0 radical (unpaired) electrons. The molecule has 0 aliphatic heterocycles. The lowest BCUT2D eigenvalue weighted by Crippen LogP contribution is -2.42. The molecular formula is C21H22N2O4. The third kappa shape index (κ3) is 3.79. The van der Waals surface area contributed by atoms with Gasteiger partial charge < -0.3 is 9.15 Å². The molecule has 0 bridgehead atoms. The van der Waals surface area contributed by atoms with Crippen molar-refractivity contribution in [3.05, 3.63) is 64.4 Å². The average Bonchev–Trinajstić information content (AvgIpc) is 2.96. The van der Waals surface area contributed by atoms with Gasteiger partial charge in [0.25, 0.3) is 5.91 Å². The minimum absolute atomic E-state index is 0.152. The molecule has 2 aromatic carbocycles. The first-order valence-electron chi connectivity index (χ1n) is 8.74. The Morgan fingerprint density at radius 1 is 1.00 bits per heavy atom. The van der Waals surface area contributed by atoms with Gasteiger partial charge in [0, 0.05) is 16.5 Å². The topological polar surface area (TPSA) is 80.6 Å². The smallest absolute Gasteiger partial charge is 0.305 e. The number of furan rings is 1. The van der Waals surface area contributed by atoms with Crippen LogP contribution in [0, 0.1) is 20.8 Å². The fraction of sp³-hybridized carbons (Fsp3) is 0.238. The van der Waals surface area contributed by atoms with Crippen molar-refractivity contribution in [1.82, 2.24) is 10.9 Å². The normalized spacial score (nSPS) is 10.7. The van der Waals surface area contributed by atoms with E-state index in [-0.39, 0.29) is 11.7 Å². The molecule has 6 nitrogen and oxygen atoms in total. The van der Waals surface area contributed by atoms with E-state index in [1.54, 1.807) is 25.1 Å². The van der Waals surface area contributed by atoms with Crippen LogP contribution in [0.25, 0.3) is 11.0 Å². The van der Waals surface area contributed by atoms with Crippen LogP contribution in [0.3, 0.4) is 0 Å². The molecule has 1 heterocycles. The van der Waals surface area contributed by atoms with Crippen LogP contribution in [0.2, 0.25) is 0 Å². The van der Waals surface area contributed by atoms with Gasteiger partial charge in [-0.3, -0.25) is 20.4 Å². The standard InChI is InChI=1S/C21H22N2O4/c1-5-26-15-7-9-18-17(11-15)14(4)19(27-18)21(25)23-22-20(24)16-8-6-12(2)10-13(16)3/h6-11H,5H2,1-4H3,(H,22,24)(H,23,25). The van der Waals surface area contributed by atoms with Crippen molar-refractivity contribution >= 4 is 22.8 Å². The molecule has 0 saturated carbocycles. The summed E-state index contributed by atoms with van der Waals surface area (Å²) in [4.78, 5) is 24.8. The van der Waals surface area contributed by atoms with Gasteiger partial charge in [0.2, 0.25) is 0 Å². The van der Waals surface area contributed by atoms with Crippen molar-refractivity contribution in [3.63, 3.8) is 0 Å². The zero-order valence-corrected chi connectivity index (χ0v) is 15.8. The number of carbonyl (C=O) groups excluding carboxylic acids is 2. The van der Waals surface area contributed by atoms with E-state index in [9.17, 15) is 9.59 Å². The molecule has 27 heavy (non-hydrogen) atoms. The zero-order valence-electron chi connectivity index (χ0n) is 15.8. The molecule has 0 unspecified atom stereocenters. The average molecular weight is 366 g/mol. The van der Waals surface area contributed by atoms with E-state index in [0.29, 0.717) is 29.1 Å². The fourth-order valence-corrected chi connectivity index (χ4v) is 2.98. The highest BCUT2D eigenvalue weighted by Crippen LogP contribution is 2.28. The highest BCUT2D eigenvalue weighted by Gasteiger charge is 2.19. The third-order valence-electron chi connectivity index (χ3n) is 4.34.